The van der Waals surface area contributed by atoms with E-state index >= 15 is 0 Å². The third-order valence-corrected chi connectivity index (χ3v) is 2.63. The fourth-order valence-corrected chi connectivity index (χ4v) is 1.63. The van der Waals surface area contributed by atoms with Gasteiger partial charge in [0.2, 0.25) is 0 Å². The highest BCUT2D eigenvalue weighted by Gasteiger charge is 2.06. The number of aromatic hydroxyl groups is 1. The van der Waals surface area contributed by atoms with Crippen LogP contribution in [0.4, 0.5) is 0 Å². The van der Waals surface area contributed by atoms with Crippen LogP contribution in [0.1, 0.15) is 31.4 Å². The van der Waals surface area contributed by atoms with Crippen molar-refractivity contribution in [2.24, 2.45) is 5.73 Å². The number of halogens is 1. The van der Waals surface area contributed by atoms with Gasteiger partial charge in [-0.15, -0.1) is 0 Å². The molecule has 0 saturated carbocycles. The zero-order valence-corrected chi connectivity index (χ0v) is 9.21. The number of nitrogens with two attached hydrogens (primary N) is 1. The number of hydrogen-bond acceptors (Lipinski definition) is 2. The van der Waals surface area contributed by atoms with Gasteiger partial charge in [0, 0.05) is 6.04 Å². The average molecular weight is 244 g/mol. The Kier molecular flexibility index (Phi) is 3.75. The summed E-state index contributed by atoms with van der Waals surface area (Å²) in [5.41, 5.74) is 6.98. The van der Waals surface area contributed by atoms with Gasteiger partial charge in [0.05, 0.1) is 4.47 Å². The molecule has 0 fully saturated rings. The van der Waals surface area contributed by atoms with Gasteiger partial charge in [-0.05, 0) is 40.0 Å². The van der Waals surface area contributed by atoms with Crippen LogP contribution in [-0.2, 0) is 0 Å². The highest BCUT2D eigenvalue weighted by atomic mass is 79.9. The number of hydrogen-bond donors (Lipinski definition) is 2. The minimum Gasteiger partial charge on any atom is -0.507 e. The Morgan fingerprint density at radius 3 is 2.77 bits per heavy atom. The molecule has 72 valence electrons. The Balaban J connectivity index is 2.84. The van der Waals surface area contributed by atoms with E-state index in [-0.39, 0.29) is 11.8 Å². The van der Waals surface area contributed by atoms with Crippen molar-refractivity contribution in [2.75, 3.05) is 0 Å². The molecule has 3 heteroatoms. The molecule has 0 radical (unpaired) electrons. The van der Waals surface area contributed by atoms with E-state index in [0.717, 1.165) is 18.4 Å². The summed E-state index contributed by atoms with van der Waals surface area (Å²) in [6.45, 7) is 2.11. The van der Waals surface area contributed by atoms with E-state index in [9.17, 15) is 5.11 Å². The van der Waals surface area contributed by atoms with Crippen LogP contribution in [0, 0.1) is 0 Å². The lowest BCUT2D eigenvalue weighted by Gasteiger charge is -2.11. The average Bonchev–Trinajstić information content (AvgIpc) is 2.10. The van der Waals surface area contributed by atoms with Gasteiger partial charge < -0.3 is 10.8 Å². The van der Waals surface area contributed by atoms with E-state index in [2.05, 4.69) is 22.9 Å². The SMILES string of the molecule is CCC[C@H](N)c1ccc(O)c(Br)c1. The lowest BCUT2D eigenvalue weighted by molar-refractivity contribution is 0.471. The summed E-state index contributed by atoms with van der Waals surface area (Å²) in [7, 11) is 0. The molecule has 0 aliphatic rings. The van der Waals surface area contributed by atoms with Gasteiger partial charge in [-0.25, -0.2) is 0 Å². The van der Waals surface area contributed by atoms with Gasteiger partial charge in [0.15, 0.2) is 0 Å². The molecule has 1 aromatic carbocycles. The molecule has 3 N–H and O–H groups in total. The first-order valence-corrected chi connectivity index (χ1v) is 5.18. The number of phenolic OH excluding ortho intramolecular Hbond substituents is 1. The fourth-order valence-electron chi connectivity index (χ4n) is 1.23. The topological polar surface area (TPSA) is 46.2 Å². The predicted molar refractivity (Wildman–Crippen MR) is 57.6 cm³/mol. The monoisotopic (exact) mass is 243 g/mol. The Bertz CT molecular complexity index is 288. The summed E-state index contributed by atoms with van der Waals surface area (Å²) in [5, 5.41) is 9.27. The molecule has 1 rings (SSSR count). The van der Waals surface area contributed by atoms with E-state index in [1.807, 2.05) is 12.1 Å². The first kappa shape index (κ1) is 10.5. The Hall–Kier alpha value is -0.540. The number of phenols is 1. The molecule has 13 heavy (non-hydrogen) atoms. The minimum atomic E-state index is 0.0712. The maximum atomic E-state index is 9.27. The van der Waals surface area contributed by atoms with E-state index in [1.165, 1.54) is 0 Å². The lowest BCUT2D eigenvalue weighted by Crippen LogP contribution is -2.09. The summed E-state index contributed by atoms with van der Waals surface area (Å²) >= 11 is 3.26. The molecule has 0 aliphatic carbocycles. The Morgan fingerprint density at radius 1 is 1.54 bits per heavy atom. The molecular weight excluding hydrogens is 230 g/mol. The van der Waals surface area contributed by atoms with Gasteiger partial charge >= 0.3 is 0 Å². The molecule has 0 saturated heterocycles. The van der Waals surface area contributed by atoms with Gasteiger partial charge in [-0.3, -0.25) is 0 Å². The quantitative estimate of drug-likeness (QED) is 0.858. The summed E-state index contributed by atoms with van der Waals surface area (Å²) in [6.07, 6.45) is 2.04. The van der Waals surface area contributed by atoms with Crippen LogP contribution in [0.3, 0.4) is 0 Å². The van der Waals surface area contributed by atoms with Crippen molar-refractivity contribution in [3.8, 4) is 5.75 Å². The van der Waals surface area contributed by atoms with Crippen molar-refractivity contribution in [1.29, 1.82) is 0 Å². The summed E-state index contributed by atoms with van der Waals surface area (Å²) in [5.74, 6) is 0.257. The molecular formula is C10H14BrNO. The van der Waals surface area contributed by atoms with Gasteiger partial charge in [0.25, 0.3) is 0 Å². The van der Waals surface area contributed by atoms with Gasteiger partial charge in [-0.2, -0.15) is 0 Å². The normalized spacial score (nSPS) is 12.8. The van der Waals surface area contributed by atoms with Crippen LogP contribution < -0.4 is 5.73 Å². The van der Waals surface area contributed by atoms with Crippen LogP contribution in [0.15, 0.2) is 22.7 Å². The maximum absolute atomic E-state index is 9.27. The standard InChI is InChI=1S/C10H14BrNO/c1-2-3-9(12)7-4-5-10(13)8(11)6-7/h4-6,9,13H,2-3,12H2,1H3/t9-/m0/s1. The van der Waals surface area contributed by atoms with Crippen LogP contribution in [0.5, 0.6) is 5.75 Å². The van der Waals surface area contributed by atoms with Crippen LogP contribution in [0.25, 0.3) is 0 Å². The number of benzene rings is 1. The second kappa shape index (κ2) is 4.63. The highest BCUT2D eigenvalue weighted by molar-refractivity contribution is 9.10. The van der Waals surface area contributed by atoms with Crippen LogP contribution >= 0.6 is 15.9 Å². The first-order chi connectivity index (χ1) is 6.15. The van der Waals surface area contributed by atoms with Gasteiger partial charge in [-0.1, -0.05) is 19.4 Å². The summed E-state index contributed by atoms with van der Waals surface area (Å²) in [4.78, 5) is 0. The fraction of sp³-hybridized carbons (Fsp3) is 0.400. The smallest absolute Gasteiger partial charge is 0.129 e. The molecule has 1 aromatic rings. The first-order valence-electron chi connectivity index (χ1n) is 4.39. The summed E-state index contributed by atoms with van der Waals surface area (Å²) < 4.78 is 0.705. The predicted octanol–water partition coefficient (Wildman–Crippen LogP) is 2.95. The molecule has 0 unspecified atom stereocenters. The molecule has 1 atom stereocenters. The largest absolute Gasteiger partial charge is 0.507 e. The summed E-state index contributed by atoms with van der Waals surface area (Å²) in [6, 6.07) is 5.47. The third-order valence-electron chi connectivity index (χ3n) is 2.00. The molecule has 0 aliphatic heterocycles. The molecule has 0 heterocycles. The van der Waals surface area contributed by atoms with Gasteiger partial charge in [0.1, 0.15) is 5.75 Å². The van der Waals surface area contributed by atoms with Crippen LogP contribution in [-0.4, -0.2) is 5.11 Å². The Labute approximate surface area is 86.9 Å². The van der Waals surface area contributed by atoms with Crippen molar-refractivity contribution in [1.82, 2.24) is 0 Å². The van der Waals surface area contributed by atoms with Crippen LogP contribution in [0.2, 0.25) is 0 Å². The molecule has 0 bridgehead atoms. The molecule has 0 aromatic heterocycles. The molecule has 0 amide bonds. The van der Waals surface area contributed by atoms with E-state index < -0.39 is 0 Å². The molecule has 0 spiro atoms. The van der Waals surface area contributed by atoms with Crippen molar-refractivity contribution < 1.29 is 5.11 Å². The Morgan fingerprint density at radius 2 is 2.23 bits per heavy atom. The van der Waals surface area contributed by atoms with Crippen molar-refractivity contribution in [3.63, 3.8) is 0 Å². The zero-order valence-electron chi connectivity index (χ0n) is 7.63. The molecule has 2 nitrogen and oxygen atoms in total. The zero-order chi connectivity index (χ0) is 9.84. The van der Waals surface area contributed by atoms with E-state index in [0.29, 0.717) is 4.47 Å². The van der Waals surface area contributed by atoms with Crippen molar-refractivity contribution >= 4 is 15.9 Å². The third kappa shape index (κ3) is 2.71. The lowest BCUT2D eigenvalue weighted by atomic mass is 10.0. The maximum Gasteiger partial charge on any atom is 0.129 e. The highest BCUT2D eigenvalue weighted by Crippen LogP contribution is 2.27. The van der Waals surface area contributed by atoms with Crippen molar-refractivity contribution in [3.05, 3.63) is 28.2 Å². The second-order valence-electron chi connectivity index (χ2n) is 3.11. The van der Waals surface area contributed by atoms with Crippen molar-refractivity contribution in [2.45, 2.75) is 25.8 Å². The minimum absolute atomic E-state index is 0.0712. The van der Waals surface area contributed by atoms with E-state index in [1.54, 1.807) is 6.07 Å². The number of rotatable bonds is 3. The van der Waals surface area contributed by atoms with E-state index in [4.69, 9.17) is 5.73 Å². The second-order valence-corrected chi connectivity index (χ2v) is 3.96.